The van der Waals surface area contributed by atoms with Gasteiger partial charge in [0, 0.05) is 11.8 Å². The minimum Gasteiger partial charge on any atom is -0.252 e. The maximum atomic E-state index is 13.0. The van der Waals surface area contributed by atoms with Crippen molar-refractivity contribution in [2.24, 2.45) is 0 Å². The van der Waals surface area contributed by atoms with Gasteiger partial charge >= 0.3 is 0 Å². The summed E-state index contributed by atoms with van der Waals surface area (Å²) in [6, 6.07) is 16.2. The Balaban J connectivity index is 2.01. The largest absolute Gasteiger partial charge is 0.252 e. The molecular formula is C19H13FN2S. The fourth-order valence-corrected chi connectivity index (χ4v) is 3.03. The number of hydrogen-bond acceptors (Lipinski definition) is 3. The molecule has 0 bridgehead atoms. The third-order valence-electron chi connectivity index (χ3n) is 3.49. The third-order valence-corrected chi connectivity index (χ3v) is 4.30. The lowest BCUT2D eigenvalue weighted by atomic mass is 9.97. The highest BCUT2D eigenvalue weighted by Gasteiger charge is 2.11. The zero-order valence-corrected chi connectivity index (χ0v) is 13.1. The predicted octanol–water partition coefficient (Wildman–Crippen LogP) is 4.83. The van der Waals surface area contributed by atoms with E-state index >= 15 is 0 Å². The molecule has 0 saturated heterocycles. The van der Waals surface area contributed by atoms with Crippen LogP contribution in [0.4, 0.5) is 4.39 Å². The highest BCUT2D eigenvalue weighted by Crippen LogP contribution is 2.29. The first-order valence-corrected chi connectivity index (χ1v) is 7.99. The summed E-state index contributed by atoms with van der Waals surface area (Å²) in [5, 5.41) is 9.35. The Morgan fingerprint density at radius 3 is 2.65 bits per heavy atom. The van der Waals surface area contributed by atoms with Crippen molar-refractivity contribution in [1.82, 2.24) is 4.98 Å². The molecule has 0 N–H and O–H groups in total. The maximum absolute atomic E-state index is 13.0. The van der Waals surface area contributed by atoms with Crippen LogP contribution < -0.4 is 0 Å². The van der Waals surface area contributed by atoms with Crippen LogP contribution in [-0.4, -0.2) is 4.98 Å². The van der Waals surface area contributed by atoms with E-state index < -0.39 is 0 Å². The number of nitriles is 1. The van der Waals surface area contributed by atoms with E-state index in [1.807, 2.05) is 24.3 Å². The van der Waals surface area contributed by atoms with Gasteiger partial charge in [0.1, 0.15) is 5.82 Å². The SMILES string of the molecule is N#Cc1ccccc1C(=CCc1ccc(F)cc1)c1cncs1. The Morgan fingerprint density at radius 1 is 1.17 bits per heavy atom. The summed E-state index contributed by atoms with van der Waals surface area (Å²) in [6.07, 6.45) is 4.53. The van der Waals surface area contributed by atoms with E-state index in [0.717, 1.165) is 21.6 Å². The maximum Gasteiger partial charge on any atom is 0.123 e. The highest BCUT2D eigenvalue weighted by atomic mass is 32.1. The number of nitrogens with zero attached hydrogens (tertiary/aromatic N) is 2. The molecule has 0 saturated carbocycles. The second-order valence-corrected chi connectivity index (χ2v) is 5.86. The average Bonchev–Trinajstić information content (AvgIpc) is 3.11. The molecule has 4 heteroatoms. The summed E-state index contributed by atoms with van der Waals surface area (Å²) in [5.41, 5.74) is 5.29. The van der Waals surface area contributed by atoms with Gasteiger partial charge in [-0.25, -0.2) is 4.39 Å². The van der Waals surface area contributed by atoms with Crippen LogP contribution in [0.25, 0.3) is 5.57 Å². The molecule has 0 unspecified atom stereocenters. The molecule has 23 heavy (non-hydrogen) atoms. The monoisotopic (exact) mass is 320 g/mol. The van der Waals surface area contributed by atoms with Crippen molar-refractivity contribution in [3.05, 3.63) is 93.7 Å². The number of halogens is 1. The molecule has 0 amide bonds. The molecule has 2 aromatic carbocycles. The van der Waals surface area contributed by atoms with Gasteiger partial charge < -0.3 is 0 Å². The lowest BCUT2D eigenvalue weighted by Gasteiger charge is -2.08. The van der Waals surface area contributed by atoms with Gasteiger partial charge in [-0.05, 0) is 35.8 Å². The molecular weight excluding hydrogens is 307 g/mol. The first-order chi connectivity index (χ1) is 11.3. The Labute approximate surface area is 138 Å². The van der Waals surface area contributed by atoms with Crippen LogP contribution in [0.15, 0.2) is 66.3 Å². The van der Waals surface area contributed by atoms with Crippen molar-refractivity contribution in [2.45, 2.75) is 6.42 Å². The van der Waals surface area contributed by atoms with Gasteiger partial charge in [0.15, 0.2) is 0 Å². The van der Waals surface area contributed by atoms with Crippen LogP contribution in [0.3, 0.4) is 0 Å². The smallest absolute Gasteiger partial charge is 0.123 e. The minimum absolute atomic E-state index is 0.241. The van der Waals surface area contributed by atoms with E-state index in [1.54, 1.807) is 23.8 Å². The van der Waals surface area contributed by atoms with Crippen molar-refractivity contribution in [1.29, 1.82) is 5.26 Å². The normalized spacial score (nSPS) is 11.2. The molecule has 1 aromatic heterocycles. The molecule has 0 spiro atoms. The third kappa shape index (κ3) is 3.53. The molecule has 3 rings (SSSR count). The molecule has 0 fully saturated rings. The molecule has 112 valence electrons. The summed E-state index contributed by atoms with van der Waals surface area (Å²) in [5.74, 6) is -0.241. The van der Waals surface area contributed by atoms with E-state index in [0.29, 0.717) is 12.0 Å². The number of thiazole rings is 1. The average molecular weight is 320 g/mol. The minimum atomic E-state index is -0.241. The Hall–Kier alpha value is -2.77. The van der Waals surface area contributed by atoms with E-state index in [1.165, 1.54) is 23.5 Å². The van der Waals surface area contributed by atoms with Gasteiger partial charge in [0.05, 0.1) is 22.0 Å². The lowest BCUT2D eigenvalue weighted by Crippen LogP contribution is -1.92. The molecule has 0 aliphatic heterocycles. The predicted molar refractivity (Wildman–Crippen MR) is 90.5 cm³/mol. The fraction of sp³-hybridized carbons (Fsp3) is 0.0526. The van der Waals surface area contributed by atoms with Gasteiger partial charge in [-0.3, -0.25) is 4.98 Å². The van der Waals surface area contributed by atoms with Gasteiger partial charge in [-0.15, -0.1) is 11.3 Å². The number of rotatable bonds is 4. The topological polar surface area (TPSA) is 36.7 Å². The highest BCUT2D eigenvalue weighted by molar-refractivity contribution is 7.10. The summed E-state index contributed by atoms with van der Waals surface area (Å²) in [4.78, 5) is 5.14. The van der Waals surface area contributed by atoms with Crippen molar-refractivity contribution in [3.8, 4) is 6.07 Å². The first kappa shape index (κ1) is 15.1. The van der Waals surface area contributed by atoms with Crippen LogP contribution in [0.5, 0.6) is 0 Å². The first-order valence-electron chi connectivity index (χ1n) is 7.11. The summed E-state index contributed by atoms with van der Waals surface area (Å²) in [6.45, 7) is 0. The molecule has 2 nitrogen and oxygen atoms in total. The zero-order valence-electron chi connectivity index (χ0n) is 12.2. The van der Waals surface area contributed by atoms with E-state index in [2.05, 4.69) is 17.1 Å². The molecule has 0 atom stereocenters. The van der Waals surface area contributed by atoms with Crippen LogP contribution in [0.2, 0.25) is 0 Å². The molecule has 1 heterocycles. The van der Waals surface area contributed by atoms with E-state index in [-0.39, 0.29) is 5.82 Å². The Morgan fingerprint density at radius 2 is 1.96 bits per heavy atom. The quantitative estimate of drug-likeness (QED) is 0.690. The standard InChI is InChI=1S/C19H13FN2S/c20-16-8-5-14(6-9-16)7-10-18(19-12-22-13-23-19)17-4-2-1-3-15(17)11-21/h1-6,8-10,12-13H,7H2. The van der Waals surface area contributed by atoms with Crippen molar-refractivity contribution in [2.75, 3.05) is 0 Å². The number of benzene rings is 2. The summed E-state index contributed by atoms with van der Waals surface area (Å²) < 4.78 is 13.0. The van der Waals surface area contributed by atoms with E-state index in [9.17, 15) is 9.65 Å². The van der Waals surface area contributed by atoms with Crippen LogP contribution in [0, 0.1) is 17.1 Å². The van der Waals surface area contributed by atoms with Crippen molar-refractivity contribution in [3.63, 3.8) is 0 Å². The molecule has 3 aromatic rings. The molecule has 0 aliphatic carbocycles. The van der Waals surface area contributed by atoms with E-state index in [4.69, 9.17) is 0 Å². The van der Waals surface area contributed by atoms with Crippen LogP contribution in [0.1, 0.15) is 21.6 Å². The van der Waals surface area contributed by atoms with Gasteiger partial charge in [-0.2, -0.15) is 5.26 Å². The Kier molecular flexibility index (Phi) is 4.60. The van der Waals surface area contributed by atoms with Gasteiger partial charge in [-0.1, -0.05) is 36.4 Å². The van der Waals surface area contributed by atoms with Crippen molar-refractivity contribution >= 4 is 16.9 Å². The lowest BCUT2D eigenvalue weighted by molar-refractivity contribution is 0.627. The fourth-order valence-electron chi connectivity index (χ4n) is 2.35. The van der Waals surface area contributed by atoms with Crippen molar-refractivity contribution < 1.29 is 4.39 Å². The van der Waals surface area contributed by atoms with Gasteiger partial charge in [0.25, 0.3) is 0 Å². The summed E-state index contributed by atoms with van der Waals surface area (Å²) >= 11 is 1.53. The summed E-state index contributed by atoms with van der Waals surface area (Å²) in [7, 11) is 0. The van der Waals surface area contributed by atoms with Gasteiger partial charge in [0.2, 0.25) is 0 Å². The van der Waals surface area contributed by atoms with Crippen LogP contribution in [-0.2, 0) is 6.42 Å². The Bertz CT molecular complexity index is 859. The second-order valence-electron chi connectivity index (χ2n) is 4.97. The number of allylic oxidation sites excluding steroid dienone is 1. The zero-order chi connectivity index (χ0) is 16.1. The number of hydrogen-bond donors (Lipinski definition) is 0. The van der Waals surface area contributed by atoms with Crippen LogP contribution >= 0.6 is 11.3 Å². The molecule has 0 radical (unpaired) electrons. The second kappa shape index (κ2) is 6.99. The number of aromatic nitrogens is 1. The molecule has 0 aliphatic rings.